The first-order valence-corrected chi connectivity index (χ1v) is 7.83. The molecular formula is C15H22Cl2N2. The second kappa shape index (κ2) is 7.49. The van der Waals surface area contributed by atoms with Gasteiger partial charge in [0.15, 0.2) is 0 Å². The molecule has 1 aliphatic heterocycles. The predicted molar refractivity (Wildman–Crippen MR) is 83.2 cm³/mol. The maximum absolute atomic E-state index is 6.20. The lowest BCUT2D eigenvalue weighted by atomic mass is 10.1. The Morgan fingerprint density at radius 1 is 1.26 bits per heavy atom. The maximum atomic E-state index is 6.20. The monoisotopic (exact) mass is 300 g/mol. The summed E-state index contributed by atoms with van der Waals surface area (Å²) in [6.45, 7) is 6.89. The summed E-state index contributed by atoms with van der Waals surface area (Å²) in [7, 11) is 0. The molecule has 0 radical (unpaired) electrons. The molecule has 19 heavy (non-hydrogen) atoms. The first-order chi connectivity index (χ1) is 9.16. The van der Waals surface area contributed by atoms with E-state index in [2.05, 4.69) is 17.1 Å². The van der Waals surface area contributed by atoms with E-state index in [1.165, 1.54) is 38.9 Å². The van der Waals surface area contributed by atoms with Crippen molar-refractivity contribution in [3.63, 3.8) is 0 Å². The van der Waals surface area contributed by atoms with Gasteiger partial charge in [0, 0.05) is 16.1 Å². The molecule has 2 nitrogen and oxygen atoms in total. The van der Waals surface area contributed by atoms with Crippen molar-refractivity contribution in [1.29, 1.82) is 0 Å². The largest absolute Gasteiger partial charge is 0.310 e. The van der Waals surface area contributed by atoms with Crippen LogP contribution in [0.3, 0.4) is 0 Å². The molecule has 0 spiro atoms. The molecule has 1 fully saturated rings. The first kappa shape index (κ1) is 15.1. The quantitative estimate of drug-likeness (QED) is 0.795. The highest BCUT2D eigenvalue weighted by Crippen LogP contribution is 2.26. The average Bonchev–Trinajstić information content (AvgIpc) is 2.90. The SMILES string of the molecule is CC(NCCCN1CCCC1)c1cc(Cl)ccc1Cl. The third kappa shape index (κ3) is 4.64. The molecule has 1 heterocycles. The molecule has 0 bridgehead atoms. The van der Waals surface area contributed by atoms with Gasteiger partial charge in [0.2, 0.25) is 0 Å². The van der Waals surface area contributed by atoms with E-state index in [9.17, 15) is 0 Å². The van der Waals surface area contributed by atoms with Gasteiger partial charge in [0.1, 0.15) is 0 Å². The second-order valence-electron chi connectivity index (χ2n) is 5.24. The van der Waals surface area contributed by atoms with E-state index in [0.29, 0.717) is 0 Å². The summed E-state index contributed by atoms with van der Waals surface area (Å²) in [6, 6.07) is 5.88. The molecule has 4 heteroatoms. The number of hydrogen-bond acceptors (Lipinski definition) is 2. The van der Waals surface area contributed by atoms with Gasteiger partial charge in [-0.05, 0) is 76.1 Å². The van der Waals surface area contributed by atoms with Crippen molar-refractivity contribution in [3.8, 4) is 0 Å². The highest BCUT2D eigenvalue weighted by Gasteiger charge is 2.12. The molecule has 2 rings (SSSR count). The van der Waals surface area contributed by atoms with Crippen LogP contribution in [0, 0.1) is 0 Å². The van der Waals surface area contributed by atoms with E-state index in [0.717, 1.165) is 22.2 Å². The van der Waals surface area contributed by atoms with Gasteiger partial charge < -0.3 is 10.2 Å². The minimum absolute atomic E-state index is 0.241. The summed E-state index contributed by atoms with van der Waals surface area (Å²) in [4.78, 5) is 2.54. The van der Waals surface area contributed by atoms with Crippen molar-refractivity contribution < 1.29 is 0 Å². The molecule has 1 aromatic rings. The van der Waals surface area contributed by atoms with Gasteiger partial charge in [-0.15, -0.1) is 0 Å². The van der Waals surface area contributed by atoms with Crippen molar-refractivity contribution in [2.75, 3.05) is 26.2 Å². The van der Waals surface area contributed by atoms with Crippen LogP contribution in [-0.2, 0) is 0 Å². The Bertz CT molecular complexity index is 403. The van der Waals surface area contributed by atoms with Crippen LogP contribution in [0.4, 0.5) is 0 Å². The Balaban J connectivity index is 1.74. The number of rotatable bonds is 6. The fourth-order valence-corrected chi connectivity index (χ4v) is 3.05. The molecule has 106 valence electrons. The Labute approximate surface area is 126 Å². The van der Waals surface area contributed by atoms with Crippen molar-refractivity contribution >= 4 is 23.2 Å². The minimum atomic E-state index is 0.241. The molecular weight excluding hydrogens is 279 g/mol. The molecule has 1 unspecified atom stereocenters. The van der Waals surface area contributed by atoms with Gasteiger partial charge in [-0.25, -0.2) is 0 Å². The Hall–Kier alpha value is -0.280. The molecule has 0 aliphatic carbocycles. The third-order valence-corrected chi connectivity index (χ3v) is 4.30. The smallest absolute Gasteiger partial charge is 0.0454 e. The first-order valence-electron chi connectivity index (χ1n) is 7.07. The van der Waals surface area contributed by atoms with Crippen LogP contribution in [0.25, 0.3) is 0 Å². The zero-order valence-corrected chi connectivity index (χ0v) is 13.0. The van der Waals surface area contributed by atoms with Gasteiger partial charge in [-0.1, -0.05) is 23.2 Å². The summed E-state index contributed by atoms with van der Waals surface area (Å²) >= 11 is 12.2. The van der Waals surface area contributed by atoms with E-state index in [4.69, 9.17) is 23.2 Å². The molecule has 1 saturated heterocycles. The van der Waals surface area contributed by atoms with Crippen LogP contribution in [-0.4, -0.2) is 31.1 Å². The Morgan fingerprint density at radius 3 is 2.74 bits per heavy atom. The highest BCUT2D eigenvalue weighted by molar-refractivity contribution is 6.33. The van der Waals surface area contributed by atoms with Crippen LogP contribution < -0.4 is 5.32 Å². The van der Waals surface area contributed by atoms with Crippen LogP contribution in [0.1, 0.15) is 37.8 Å². The van der Waals surface area contributed by atoms with Gasteiger partial charge in [-0.2, -0.15) is 0 Å². The van der Waals surface area contributed by atoms with Crippen molar-refractivity contribution in [1.82, 2.24) is 10.2 Å². The van der Waals surface area contributed by atoms with E-state index in [-0.39, 0.29) is 6.04 Å². The van der Waals surface area contributed by atoms with Gasteiger partial charge in [0.25, 0.3) is 0 Å². The average molecular weight is 301 g/mol. The lowest BCUT2D eigenvalue weighted by molar-refractivity contribution is 0.328. The number of benzene rings is 1. The topological polar surface area (TPSA) is 15.3 Å². The number of nitrogens with zero attached hydrogens (tertiary/aromatic N) is 1. The zero-order chi connectivity index (χ0) is 13.7. The molecule has 1 aromatic carbocycles. The van der Waals surface area contributed by atoms with Crippen LogP contribution in [0.5, 0.6) is 0 Å². The third-order valence-electron chi connectivity index (χ3n) is 3.72. The standard InChI is InChI=1S/C15H22Cl2N2/c1-12(14-11-13(16)5-6-15(14)17)18-7-4-10-19-8-2-3-9-19/h5-6,11-12,18H,2-4,7-10H2,1H3. The Kier molecular flexibility index (Phi) is 5.96. The molecule has 1 N–H and O–H groups in total. The van der Waals surface area contributed by atoms with Crippen LogP contribution in [0.15, 0.2) is 18.2 Å². The predicted octanol–water partition coefficient (Wildman–Crippen LogP) is 4.13. The molecule has 0 saturated carbocycles. The summed E-state index contributed by atoms with van der Waals surface area (Å²) < 4.78 is 0. The van der Waals surface area contributed by atoms with Crippen LogP contribution >= 0.6 is 23.2 Å². The van der Waals surface area contributed by atoms with E-state index in [1.54, 1.807) is 0 Å². The fraction of sp³-hybridized carbons (Fsp3) is 0.600. The minimum Gasteiger partial charge on any atom is -0.310 e. The highest BCUT2D eigenvalue weighted by atomic mass is 35.5. The van der Waals surface area contributed by atoms with Gasteiger partial charge in [-0.3, -0.25) is 0 Å². The summed E-state index contributed by atoms with van der Waals surface area (Å²) in [5.74, 6) is 0. The fourth-order valence-electron chi connectivity index (χ4n) is 2.58. The Morgan fingerprint density at radius 2 is 2.00 bits per heavy atom. The van der Waals surface area contributed by atoms with E-state index in [1.807, 2.05) is 18.2 Å². The normalized spacial score (nSPS) is 17.8. The zero-order valence-electron chi connectivity index (χ0n) is 11.5. The van der Waals surface area contributed by atoms with E-state index < -0.39 is 0 Å². The molecule has 1 atom stereocenters. The summed E-state index contributed by atoms with van der Waals surface area (Å²) in [6.07, 6.45) is 3.91. The lowest BCUT2D eigenvalue weighted by Gasteiger charge is -2.18. The van der Waals surface area contributed by atoms with E-state index >= 15 is 0 Å². The molecule has 0 aromatic heterocycles. The van der Waals surface area contributed by atoms with Crippen molar-refractivity contribution in [2.45, 2.75) is 32.2 Å². The van der Waals surface area contributed by atoms with Crippen LogP contribution in [0.2, 0.25) is 10.0 Å². The maximum Gasteiger partial charge on any atom is 0.0454 e. The summed E-state index contributed by atoms with van der Waals surface area (Å²) in [5.41, 5.74) is 1.08. The number of halogens is 2. The van der Waals surface area contributed by atoms with Gasteiger partial charge in [0.05, 0.1) is 0 Å². The van der Waals surface area contributed by atoms with Crippen molar-refractivity contribution in [3.05, 3.63) is 33.8 Å². The second-order valence-corrected chi connectivity index (χ2v) is 6.09. The van der Waals surface area contributed by atoms with Gasteiger partial charge >= 0.3 is 0 Å². The number of nitrogens with one attached hydrogen (secondary N) is 1. The summed E-state index contributed by atoms with van der Waals surface area (Å²) in [5, 5.41) is 5.04. The number of likely N-dealkylation sites (tertiary alicyclic amines) is 1. The molecule has 1 aliphatic rings. The molecule has 0 amide bonds. The lowest BCUT2D eigenvalue weighted by Crippen LogP contribution is -2.26. The number of hydrogen-bond donors (Lipinski definition) is 1. The van der Waals surface area contributed by atoms with Crippen molar-refractivity contribution in [2.24, 2.45) is 0 Å².